The van der Waals surface area contributed by atoms with Crippen LogP contribution in [0, 0.1) is 18.3 Å². The van der Waals surface area contributed by atoms with E-state index in [0.717, 1.165) is 12.8 Å². The van der Waals surface area contributed by atoms with E-state index in [1.807, 2.05) is 0 Å². The zero-order valence-electron chi connectivity index (χ0n) is 10.4. The number of allylic oxidation sites excluding steroid dienone is 4. The number of hydrogen-bond donors (Lipinski definition) is 0. The minimum Gasteiger partial charge on any atom is -0.0885 e. The van der Waals surface area contributed by atoms with Crippen LogP contribution in [-0.2, 0) is 0 Å². The van der Waals surface area contributed by atoms with E-state index in [1.165, 1.54) is 5.57 Å². The van der Waals surface area contributed by atoms with Gasteiger partial charge in [-0.1, -0.05) is 51.5 Å². The number of rotatable bonds is 5. The van der Waals surface area contributed by atoms with E-state index in [-0.39, 0.29) is 5.41 Å². The summed E-state index contributed by atoms with van der Waals surface area (Å²) in [5.74, 6) is 0.505. The lowest BCUT2D eigenvalue weighted by Gasteiger charge is -2.31. The molecule has 0 aromatic carbocycles. The molecule has 2 atom stereocenters. The van der Waals surface area contributed by atoms with Crippen LogP contribution in [-0.4, -0.2) is 0 Å². The third-order valence-electron chi connectivity index (χ3n) is 3.08. The Morgan fingerprint density at radius 1 is 1.36 bits per heavy atom. The van der Waals surface area contributed by atoms with E-state index in [0.29, 0.717) is 5.92 Å². The molecule has 14 heavy (non-hydrogen) atoms. The lowest BCUT2D eigenvalue weighted by Crippen LogP contribution is -2.21. The monoisotopic (exact) mass is 193 g/mol. The fourth-order valence-electron chi connectivity index (χ4n) is 1.45. The van der Waals surface area contributed by atoms with Gasteiger partial charge in [0.2, 0.25) is 0 Å². The Hall–Kier alpha value is -0.520. The molecule has 0 N–H and O–H groups in total. The summed E-state index contributed by atoms with van der Waals surface area (Å²) >= 11 is 0. The van der Waals surface area contributed by atoms with Crippen molar-refractivity contribution >= 4 is 0 Å². The molecule has 81 valence electrons. The van der Waals surface area contributed by atoms with Crippen molar-refractivity contribution < 1.29 is 0 Å². The van der Waals surface area contributed by atoms with Crippen LogP contribution in [0.15, 0.2) is 23.8 Å². The Labute approximate surface area is 90.1 Å². The van der Waals surface area contributed by atoms with Crippen LogP contribution < -0.4 is 0 Å². The molecule has 0 aromatic rings. The first-order valence-corrected chi connectivity index (χ1v) is 5.66. The predicted molar refractivity (Wildman–Crippen MR) is 66.1 cm³/mol. The van der Waals surface area contributed by atoms with Crippen LogP contribution in [0.5, 0.6) is 0 Å². The van der Waals surface area contributed by atoms with Crippen molar-refractivity contribution in [3.8, 4) is 0 Å². The molecular weight excluding hydrogens is 168 g/mol. The van der Waals surface area contributed by atoms with E-state index in [4.69, 9.17) is 0 Å². The molecule has 0 fully saturated rings. The third-order valence-corrected chi connectivity index (χ3v) is 3.08. The minimum absolute atomic E-state index is 0.0433. The summed E-state index contributed by atoms with van der Waals surface area (Å²) in [5, 5.41) is 0. The van der Waals surface area contributed by atoms with Crippen molar-refractivity contribution in [2.45, 2.75) is 47.5 Å². The summed E-state index contributed by atoms with van der Waals surface area (Å²) in [4.78, 5) is 0. The summed E-state index contributed by atoms with van der Waals surface area (Å²) in [6.45, 7) is 15.3. The molecule has 0 aliphatic heterocycles. The van der Waals surface area contributed by atoms with Gasteiger partial charge in [-0.3, -0.25) is 0 Å². The van der Waals surface area contributed by atoms with Crippen molar-refractivity contribution in [2.24, 2.45) is 11.3 Å². The van der Waals surface area contributed by atoms with Crippen molar-refractivity contribution in [1.29, 1.82) is 0 Å². The van der Waals surface area contributed by atoms with Gasteiger partial charge in [-0.05, 0) is 38.0 Å². The van der Waals surface area contributed by atoms with Gasteiger partial charge < -0.3 is 0 Å². The first-order chi connectivity index (χ1) is 6.46. The Morgan fingerprint density at radius 2 is 1.93 bits per heavy atom. The van der Waals surface area contributed by atoms with Gasteiger partial charge in [0.1, 0.15) is 0 Å². The van der Waals surface area contributed by atoms with Crippen LogP contribution in [0.25, 0.3) is 0 Å². The van der Waals surface area contributed by atoms with E-state index in [9.17, 15) is 0 Å². The largest absolute Gasteiger partial charge is 0.0885 e. The van der Waals surface area contributed by atoms with E-state index in [2.05, 4.69) is 59.8 Å². The molecule has 0 heterocycles. The zero-order valence-corrected chi connectivity index (χ0v) is 10.4. The highest BCUT2D eigenvalue weighted by Crippen LogP contribution is 2.35. The lowest BCUT2D eigenvalue weighted by atomic mass is 9.74. The van der Waals surface area contributed by atoms with Crippen molar-refractivity contribution in [1.82, 2.24) is 0 Å². The van der Waals surface area contributed by atoms with Crippen molar-refractivity contribution in [2.75, 3.05) is 0 Å². The third kappa shape index (κ3) is 3.69. The maximum Gasteiger partial charge on any atom is -0.00588 e. The van der Waals surface area contributed by atoms with E-state index in [1.54, 1.807) is 0 Å². The van der Waals surface area contributed by atoms with Gasteiger partial charge in [0, 0.05) is 0 Å². The predicted octanol–water partition coefficient (Wildman–Crippen LogP) is 4.79. The molecule has 2 unspecified atom stereocenters. The Morgan fingerprint density at radius 3 is 2.36 bits per heavy atom. The molecule has 0 saturated carbocycles. The molecule has 0 saturated heterocycles. The van der Waals surface area contributed by atoms with Crippen LogP contribution in [0.3, 0.4) is 0 Å². The summed E-state index contributed by atoms with van der Waals surface area (Å²) in [5.41, 5.74) is 1.44. The Kier molecular flexibility index (Phi) is 5.83. The second-order valence-corrected chi connectivity index (χ2v) is 4.34. The highest BCUT2D eigenvalue weighted by atomic mass is 14.3. The van der Waals surface area contributed by atoms with E-state index >= 15 is 0 Å². The normalized spacial score (nSPS) is 16.3. The van der Waals surface area contributed by atoms with Gasteiger partial charge in [-0.2, -0.15) is 0 Å². The summed E-state index contributed by atoms with van der Waals surface area (Å²) < 4.78 is 0. The quantitative estimate of drug-likeness (QED) is 0.551. The average molecular weight is 193 g/mol. The smallest absolute Gasteiger partial charge is 0.00588 e. The lowest BCUT2D eigenvalue weighted by molar-refractivity contribution is 0.390. The fraction of sp³-hybridized carbons (Fsp3) is 0.643. The first-order valence-electron chi connectivity index (χ1n) is 5.66. The van der Waals surface area contributed by atoms with Gasteiger partial charge in [0.15, 0.2) is 0 Å². The highest BCUT2D eigenvalue weighted by molar-refractivity contribution is 5.16. The Bertz CT molecular complexity index is 206. The van der Waals surface area contributed by atoms with Crippen molar-refractivity contribution in [3.63, 3.8) is 0 Å². The Balaban J connectivity index is 4.59. The molecular formula is C14H25. The van der Waals surface area contributed by atoms with Crippen LogP contribution in [0.1, 0.15) is 47.5 Å². The molecule has 0 bridgehead atoms. The van der Waals surface area contributed by atoms with Gasteiger partial charge in [-0.25, -0.2) is 0 Å². The minimum atomic E-state index is 0.0433. The molecule has 0 rings (SSSR count). The molecule has 0 amide bonds. The first kappa shape index (κ1) is 13.5. The zero-order chi connectivity index (χ0) is 11.2. The molecule has 0 aliphatic rings. The second-order valence-electron chi connectivity index (χ2n) is 4.34. The fourth-order valence-corrected chi connectivity index (χ4v) is 1.45. The average Bonchev–Trinajstić information content (AvgIpc) is 2.14. The molecule has 0 nitrogen and oxygen atoms in total. The van der Waals surface area contributed by atoms with Crippen LogP contribution in [0.2, 0.25) is 0 Å². The van der Waals surface area contributed by atoms with Crippen LogP contribution >= 0.6 is 0 Å². The molecule has 0 heteroatoms. The highest BCUT2D eigenvalue weighted by Gasteiger charge is 2.25. The van der Waals surface area contributed by atoms with Crippen LogP contribution in [0.4, 0.5) is 0 Å². The van der Waals surface area contributed by atoms with Crippen molar-refractivity contribution in [3.05, 3.63) is 30.7 Å². The van der Waals surface area contributed by atoms with E-state index < -0.39 is 0 Å². The van der Waals surface area contributed by atoms with Gasteiger partial charge in [0.05, 0.1) is 0 Å². The summed E-state index contributed by atoms with van der Waals surface area (Å²) in [6.07, 6.45) is 8.99. The van der Waals surface area contributed by atoms with Gasteiger partial charge >= 0.3 is 0 Å². The maximum absolute atomic E-state index is 4.32. The molecule has 1 radical (unpaired) electrons. The van der Waals surface area contributed by atoms with Gasteiger partial charge in [-0.15, -0.1) is 0 Å². The maximum atomic E-state index is 4.32. The second kappa shape index (κ2) is 6.06. The SMILES string of the molecule is [CH2]C(C)(/C(C)=C/CC)C(C)/C=C/CC. The molecule has 0 aromatic heterocycles. The summed E-state index contributed by atoms with van der Waals surface area (Å²) in [7, 11) is 0. The topological polar surface area (TPSA) is 0 Å². The standard InChI is InChI=1S/C14H25/c1-7-9-11-13(4)14(5,6)12(3)10-8-2/h9-11,13H,5,7-8H2,1-4,6H3/b11-9+,12-10+. The number of hydrogen-bond acceptors (Lipinski definition) is 0. The summed E-state index contributed by atoms with van der Waals surface area (Å²) in [6, 6.07) is 0. The van der Waals surface area contributed by atoms with Gasteiger partial charge in [0.25, 0.3) is 0 Å². The molecule has 0 spiro atoms. The molecule has 0 aliphatic carbocycles.